The SMILES string of the molecule is CCC(=O)N1CC[C@@H](NCc2ccccc2Br)[C@@H](C)C1. The lowest BCUT2D eigenvalue weighted by atomic mass is 9.93. The standard InChI is InChI=1S/C16H23BrN2O/c1-3-16(20)19-9-8-15(12(2)11-19)18-10-13-6-4-5-7-14(13)17/h4-7,12,15,18H,3,8-11H2,1-2H3/t12-,15+/m0/s1. The number of halogens is 1. The summed E-state index contributed by atoms with van der Waals surface area (Å²) in [6.45, 7) is 6.79. The molecule has 1 amide bonds. The molecular weight excluding hydrogens is 316 g/mol. The van der Waals surface area contributed by atoms with Crippen LogP contribution in [0.15, 0.2) is 28.7 Å². The van der Waals surface area contributed by atoms with Crippen LogP contribution in [-0.4, -0.2) is 29.9 Å². The molecule has 1 aromatic carbocycles. The largest absolute Gasteiger partial charge is 0.342 e. The second-order valence-corrected chi connectivity index (χ2v) is 6.39. The minimum atomic E-state index is 0.279. The van der Waals surface area contributed by atoms with Crippen LogP contribution in [0.1, 0.15) is 32.3 Å². The van der Waals surface area contributed by atoms with Gasteiger partial charge in [-0.05, 0) is 24.0 Å². The number of hydrogen-bond acceptors (Lipinski definition) is 2. The number of carbonyl (C=O) groups is 1. The third kappa shape index (κ3) is 3.83. The molecule has 0 bridgehead atoms. The molecule has 110 valence electrons. The van der Waals surface area contributed by atoms with Gasteiger partial charge in [0.2, 0.25) is 5.91 Å². The summed E-state index contributed by atoms with van der Waals surface area (Å²) in [6.07, 6.45) is 1.65. The van der Waals surface area contributed by atoms with Gasteiger partial charge in [0.05, 0.1) is 0 Å². The van der Waals surface area contributed by atoms with Crippen molar-refractivity contribution in [1.82, 2.24) is 10.2 Å². The highest BCUT2D eigenvalue weighted by atomic mass is 79.9. The van der Waals surface area contributed by atoms with E-state index >= 15 is 0 Å². The summed E-state index contributed by atoms with van der Waals surface area (Å²) in [5, 5.41) is 3.64. The van der Waals surface area contributed by atoms with Crippen molar-refractivity contribution in [2.45, 2.75) is 39.3 Å². The van der Waals surface area contributed by atoms with Gasteiger partial charge in [0, 0.05) is 36.6 Å². The van der Waals surface area contributed by atoms with Crippen molar-refractivity contribution in [3.8, 4) is 0 Å². The zero-order chi connectivity index (χ0) is 14.5. The first-order valence-electron chi connectivity index (χ1n) is 7.36. The fraction of sp³-hybridized carbons (Fsp3) is 0.562. The van der Waals surface area contributed by atoms with Crippen LogP contribution < -0.4 is 5.32 Å². The van der Waals surface area contributed by atoms with E-state index in [1.165, 1.54) is 5.56 Å². The van der Waals surface area contributed by atoms with Crippen LogP contribution in [0, 0.1) is 5.92 Å². The van der Waals surface area contributed by atoms with Gasteiger partial charge in [-0.1, -0.05) is 48.0 Å². The van der Waals surface area contributed by atoms with Crippen molar-refractivity contribution in [2.75, 3.05) is 13.1 Å². The molecule has 2 atom stereocenters. The molecule has 0 aromatic heterocycles. The van der Waals surface area contributed by atoms with E-state index in [1.807, 2.05) is 17.9 Å². The summed E-state index contributed by atoms with van der Waals surface area (Å²) >= 11 is 3.58. The van der Waals surface area contributed by atoms with E-state index in [0.29, 0.717) is 18.4 Å². The van der Waals surface area contributed by atoms with Crippen molar-refractivity contribution >= 4 is 21.8 Å². The summed E-state index contributed by atoms with van der Waals surface area (Å²) in [7, 11) is 0. The van der Waals surface area contributed by atoms with Gasteiger partial charge in [-0.2, -0.15) is 0 Å². The highest BCUT2D eigenvalue weighted by Crippen LogP contribution is 2.20. The van der Waals surface area contributed by atoms with E-state index in [4.69, 9.17) is 0 Å². The quantitative estimate of drug-likeness (QED) is 0.914. The number of benzene rings is 1. The van der Waals surface area contributed by atoms with Gasteiger partial charge < -0.3 is 10.2 Å². The number of hydrogen-bond donors (Lipinski definition) is 1. The number of likely N-dealkylation sites (tertiary alicyclic amines) is 1. The Balaban J connectivity index is 1.86. The van der Waals surface area contributed by atoms with Gasteiger partial charge in [0.1, 0.15) is 0 Å². The van der Waals surface area contributed by atoms with Crippen LogP contribution in [0.5, 0.6) is 0 Å². The molecule has 1 aromatic rings. The van der Waals surface area contributed by atoms with Crippen LogP contribution >= 0.6 is 15.9 Å². The molecule has 1 aliphatic heterocycles. The molecule has 1 heterocycles. The Morgan fingerprint density at radius 3 is 2.85 bits per heavy atom. The maximum atomic E-state index is 11.7. The Bertz CT molecular complexity index is 464. The van der Waals surface area contributed by atoms with E-state index in [1.54, 1.807) is 0 Å². The molecule has 2 rings (SSSR count). The first-order chi connectivity index (χ1) is 9.61. The number of carbonyl (C=O) groups excluding carboxylic acids is 1. The normalized spacial score (nSPS) is 22.9. The third-order valence-electron chi connectivity index (χ3n) is 4.07. The highest BCUT2D eigenvalue weighted by Gasteiger charge is 2.27. The fourth-order valence-electron chi connectivity index (χ4n) is 2.78. The van der Waals surface area contributed by atoms with Gasteiger partial charge in [0.25, 0.3) is 0 Å². The molecule has 0 unspecified atom stereocenters. The summed E-state index contributed by atoms with van der Waals surface area (Å²) < 4.78 is 1.15. The van der Waals surface area contributed by atoms with Gasteiger partial charge in [0.15, 0.2) is 0 Å². The van der Waals surface area contributed by atoms with Gasteiger partial charge in [-0.15, -0.1) is 0 Å². The van der Waals surface area contributed by atoms with Crippen LogP contribution in [0.3, 0.4) is 0 Å². The van der Waals surface area contributed by atoms with Crippen molar-refractivity contribution in [3.63, 3.8) is 0 Å². The number of amides is 1. The lowest BCUT2D eigenvalue weighted by molar-refractivity contribution is -0.132. The van der Waals surface area contributed by atoms with Gasteiger partial charge in [-0.3, -0.25) is 4.79 Å². The topological polar surface area (TPSA) is 32.3 Å². The van der Waals surface area contributed by atoms with Crippen molar-refractivity contribution in [3.05, 3.63) is 34.3 Å². The molecule has 1 saturated heterocycles. The minimum Gasteiger partial charge on any atom is -0.342 e. The molecule has 1 N–H and O–H groups in total. The molecule has 0 aliphatic carbocycles. The second-order valence-electron chi connectivity index (χ2n) is 5.54. The first-order valence-corrected chi connectivity index (χ1v) is 8.15. The average Bonchev–Trinajstić information content (AvgIpc) is 2.46. The van der Waals surface area contributed by atoms with E-state index < -0.39 is 0 Å². The molecule has 0 saturated carbocycles. The predicted octanol–water partition coefficient (Wildman–Crippen LogP) is 3.19. The first kappa shape index (κ1) is 15.5. The van der Waals surface area contributed by atoms with Crippen LogP contribution in [0.2, 0.25) is 0 Å². The molecule has 1 aliphatic rings. The minimum absolute atomic E-state index is 0.279. The monoisotopic (exact) mass is 338 g/mol. The highest BCUT2D eigenvalue weighted by molar-refractivity contribution is 9.10. The molecule has 3 nitrogen and oxygen atoms in total. The Labute approximate surface area is 129 Å². The third-order valence-corrected chi connectivity index (χ3v) is 4.85. The molecule has 4 heteroatoms. The average molecular weight is 339 g/mol. The van der Waals surface area contributed by atoms with Crippen molar-refractivity contribution in [1.29, 1.82) is 0 Å². The molecule has 1 fully saturated rings. The lowest BCUT2D eigenvalue weighted by Crippen LogP contribution is -2.49. The maximum Gasteiger partial charge on any atom is 0.222 e. The zero-order valence-electron chi connectivity index (χ0n) is 12.2. The Morgan fingerprint density at radius 1 is 1.45 bits per heavy atom. The summed E-state index contributed by atoms with van der Waals surface area (Å²) in [5.74, 6) is 0.780. The summed E-state index contributed by atoms with van der Waals surface area (Å²) in [5.41, 5.74) is 1.28. The summed E-state index contributed by atoms with van der Waals surface area (Å²) in [4.78, 5) is 13.7. The van der Waals surface area contributed by atoms with E-state index in [0.717, 1.165) is 30.5 Å². The van der Waals surface area contributed by atoms with Gasteiger partial charge >= 0.3 is 0 Å². The Kier molecular flexibility index (Phi) is 5.61. The zero-order valence-corrected chi connectivity index (χ0v) is 13.8. The molecule has 0 radical (unpaired) electrons. The Hall–Kier alpha value is -0.870. The van der Waals surface area contributed by atoms with Crippen molar-refractivity contribution in [2.24, 2.45) is 5.92 Å². The summed E-state index contributed by atoms with van der Waals surface area (Å²) in [6, 6.07) is 8.79. The maximum absolute atomic E-state index is 11.7. The van der Waals surface area contributed by atoms with Crippen LogP contribution in [0.25, 0.3) is 0 Å². The Morgan fingerprint density at radius 2 is 2.20 bits per heavy atom. The smallest absolute Gasteiger partial charge is 0.222 e. The molecular formula is C16H23BrN2O. The molecule has 0 spiro atoms. The van der Waals surface area contributed by atoms with E-state index in [-0.39, 0.29) is 5.91 Å². The van der Waals surface area contributed by atoms with E-state index in [2.05, 4.69) is 46.4 Å². The number of rotatable bonds is 4. The predicted molar refractivity (Wildman–Crippen MR) is 85.4 cm³/mol. The second kappa shape index (κ2) is 7.23. The molecule has 20 heavy (non-hydrogen) atoms. The fourth-order valence-corrected chi connectivity index (χ4v) is 3.21. The van der Waals surface area contributed by atoms with E-state index in [9.17, 15) is 4.79 Å². The number of piperidine rings is 1. The number of nitrogens with one attached hydrogen (secondary N) is 1. The van der Waals surface area contributed by atoms with Crippen molar-refractivity contribution < 1.29 is 4.79 Å². The van der Waals surface area contributed by atoms with Crippen LogP contribution in [0.4, 0.5) is 0 Å². The van der Waals surface area contributed by atoms with Crippen LogP contribution in [-0.2, 0) is 11.3 Å². The lowest BCUT2D eigenvalue weighted by Gasteiger charge is -2.37. The van der Waals surface area contributed by atoms with Gasteiger partial charge in [-0.25, -0.2) is 0 Å². The number of nitrogens with zero attached hydrogens (tertiary/aromatic N) is 1.